The summed E-state index contributed by atoms with van der Waals surface area (Å²) in [5, 5.41) is 2.57. The molecule has 8 aromatic rings. The van der Waals surface area contributed by atoms with E-state index in [1.54, 1.807) is 0 Å². The van der Waals surface area contributed by atoms with Gasteiger partial charge in [0.25, 0.3) is 12.0 Å². The molecule has 0 amide bonds. The van der Waals surface area contributed by atoms with E-state index in [4.69, 9.17) is 4.98 Å². The average Bonchev–Trinajstić information content (AvgIpc) is 3.48. The quantitative estimate of drug-likeness (QED) is 0.165. The van der Waals surface area contributed by atoms with E-state index in [1.807, 2.05) is 11.3 Å². The highest BCUT2D eigenvalue weighted by Gasteiger charge is 2.51. The standard InChI is InChI=1S/C52H39N4S/c1-52(2)41-20-10-8-17-36(41)40-29-33(23-27-42(40)52)51-55-49(32-14-4-3-5-15-32)53-50(56(51)55)39-19-12-22-45-48(39)38-26-25-34(30-46(38)57-45)54-43-21-11-9-18-37(43)47-35-16-7-6-13-31(35)24-28-44(47)54/h3-8,10-17,19-31,35,51H,9,18H2,1-2H3/q+1. The van der Waals surface area contributed by atoms with E-state index < -0.39 is 0 Å². The van der Waals surface area contributed by atoms with Gasteiger partial charge in [0.15, 0.2) is 0 Å². The molecule has 5 aromatic carbocycles. The molecule has 3 aromatic heterocycles. The molecule has 0 radical (unpaired) electrons. The van der Waals surface area contributed by atoms with Gasteiger partial charge in [-0.2, -0.15) is 0 Å². The predicted octanol–water partition coefficient (Wildman–Crippen LogP) is 12.2. The van der Waals surface area contributed by atoms with Crippen LogP contribution in [0.1, 0.15) is 71.6 Å². The average molecular weight is 752 g/mol. The van der Waals surface area contributed by atoms with E-state index in [0.29, 0.717) is 11.8 Å². The molecule has 0 fully saturated rings. The maximum atomic E-state index is 5.45. The fourth-order valence-corrected chi connectivity index (χ4v) is 11.9. The lowest BCUT2D eigenvalue weighted by molar-refractivity contribution is -0.602. The number of fused-ring (bicyclic) bond motifs is 12. The van der Waals surface area contributed by atoms with Crippen molar-refractivity contribution in [2.24, 2.45) is 5.92 Å². The molecule has 1 aliphatic heterocycles. The van der Waals surface area contributed by atoms with Crippen LogP contribution in [-0.4, -0.2) is 14.2 Å². The van der Waals surface area contributed by atoms with Gasteiger partial charge in [-0.15, -0.1) is 20.7 Å². The minimum Gasteiger partial charge on any atom is -0.310 e. The first kappa shape index (κ1) is 31.9. The number of nitrogens with zero attached hydrogens (tertiary/aromatic N) is 4. The Hall–Kier alpha value is -6.30. The van der Waals surface area contributed by atoms with Crippen molar-refractivity contribution in [1.29, 1.82) is 0 Å². The van der Waals surface area contributed by atoms with Crippen molar-refractivity contribution < 1.29 is 4.68 Å². The number of hydrogen-bond acceptors (Lipinski definition) is 2. The Morgan fingerprint density at radius 2 is 1.58 bits per heavy atom. The summed E-state index contributed by atoms with van der Waals surface area (Å²) in [5.41, 5.74) is 16.0. The Morgan fingerprint density at radius 1 is 0.737 bits per heavy atom. The van der Waals surface area contributed by atoms with Crippen LogP contribution in [0.4, 0.5) is 0 Å². The molecule has 4 aliphatic carbocycles. The fraction of sp³-hybridized carbons (Fsp3) is 0.154. The summed E-state index contributed by atoms with van der Waals surface area (Å²) in [7, 11) is 0. The van der Waals surface area contributed by atoms with Gasteiger partial charge in [-0.25, -0.2) is 0 Å². The van der Waals surface area contributed by atoms with Gasteiger partial charge in [0.1, 0.15) is 0 Å². The van der Waals surface area contributed by atoms with Crippen molar-refractivity contribution in [1.82, 2.24) is 14.2 Å². The molecule has 5 aliphatic rings. The minimum absolute atomic E-state index is 0.0191. The van der Waals surface area contributed by atoms with Gasteiger partial charge in [-0.05, 0) is 106 Å². The molecule has 0 N–H and O–H groups in total. The SMILES string of the molecule is CC1(C)c2ccccc2-c2cc(C3n4c(-c5cccc6sc7cc(-n8c9c(c%10c8C=CC8C=CC=CC%108)CCC=C9)ccc7c56)nc(-c5ccccc5)[n+]43)ccc21. The van der Waals surface area contributed by atoms with E-state index in [2.05, 4.69) is 186 Å². The molecule has 57 heavy (non-hydrogen) atoms. The third kappa shape index (κ3) is 4.32. The van der Waals surface area contributed by atoms with Crippen LogP contribution in [0.15, 0.2) is 146 Å². The summed E-state index contributed by atoms with van der Waals surface area (Å²) in [4.78, 5) is 5.45. The van der Waals surface area contributed by atoms with E-state index >= 15 is 0 Å². The van der Waals surface area contributed by atoms with Crippen molar-refractivity contribution >= 4 is 43.7 Å². The first-order chi connectivity index (χ1) is 28.0. The van der Waals surface area contributed by atoms with Gasteiger partial charge in [-0.1, -0.05) is 117 Å². The van der Waals surface area contributed by atoms with E-state index in [1.165, 1.54) is 81.8 Å². The summed E-state index contributed by atoms with van der Waals surface area (Å²) in [6.45, 7) is 4.71. The molecular formula is C52H39N4S+. The number of aromatic nitrogens is 4. The van der Waals surface area contributed by atoms with Crippen LogP contribution in [0.3, 0.4) is 0 Å². The molecule has 0 saturated heterocycles. The Balaban J connectivity index is 0.963. The smallest absolute Gasteiger partial charge is 0.310 e. The third-order valence-corrected chi connectivity index (χ3v) is 14.5. The van der Waals surface area contributed by atoms with Crippen LogP contribution in [0.25, 0.3) is 71.9 Å². The molecule has 3 atom stereocenters. The van der Waals surface area contributed by atoms with Crippen LogP contribution >= 0.6 is 11.3 Å². The number of hydrogen-bond donors (Lipinski definition) is 0. The summed E-state index contributed by atoms with van der Waals surface area (Å²) in [6, 6.07) is 40.7. The lowest BCUT2D eigenvalue weighted by Gasteiger charge is -2.27. The number of allylic oxidation sites excluding steroid dienone is 6. The molecule has 0 spiro atoms. The van der Waals surface area contributed by atoms with Gasteiger partial charge in [0.2, 0.25) is 0 Å². The van der Waals surface area contributed by atoms with Gasteiger partial charge in [0, 0.05) is 54.4 Å². The van der Waals surface area contributed by atoms with Crippen molar-refractivity contribution in [2.45, 2.75) is 44.2 Å². The fourth-order valence-electron chi connectivity index (χ4n) is 10.8. The zero-order chi connectivity index (χ0) is 37.6. The number of thiophene rings is 1. The Bertz CT molecular complexity index is 3180. The second-order valence-corrected chi connectivity index (χ2v) is 17.9. The molecule has 5 heteroatoms. The van der Waals surface area contributed by atoms with Crippen molar-refractivity contribution in [3.05, 3.63) is 185 Å². The highest BCUT2D eigenvalue weighted by atomic mass is 32.1. The van der Waals surface area contributed by atoms with E-state index in [9.17, 15) is 0 Å². The van der Waals surface area contributed by atoms with Gasteiger partial charge in [-0.3, -0.25) is 0 Å². The lowest BCUT2D eigenvalue weighted by Crippen LogP contribution is -2.19. The van der Waals surface area contributed by atoms with Gasteiger partial charge < -0.3 is 4.57 Å². The molecule has 4 heterocycles. The summed E-state index contributed by atoms with van der Waals surface area (Å²) in [6.07, 6.45) is 21.0. The molecule has 13 rings (SSSR count). The zero-order valence-corrected chi connectivity index (χ0v) is 32.7. The Kier molecular flexibility index (Phi) is 6.37. The van der Waals surface area contributed by atoms with Gasteiger partial charge >= 0.3 is 5.82 Å². The highest BCUT2D eigenvalue weighted by molar-refractivity contribution is 7.26. The molecule has 3 unspecified atom stereocenters. The first-order valence-electron chi connectivity index (χ1n) is 20.3. The summed E-state index contributed by atoms with van der Waals surface area (Å²) < 4.78 is 9.93. The van der Waals surface area contributed by atoms with Crippen LogP contribution in [0.2, 0.25) is 0 Å². The monoisotopic (exact) mass is 751 g/mol. The second-order valence-electron chi connectivity index (χ2n) is 16.8. The zero-order valence-electron chi connectivity index (χ0n) is 31.9. The maximum Gasteiger partial charge on any atom is 0.354 e. The van der Waals surface area contributed by atoms with Crippen LogP contribution < -0.4 is 4.68 Å². The van der Waals surface area contributed by atoms with Gasteiger partial charge in [0.05, 0.1) is 16.8 Å². The predicted molar refractivity (Wildman–Crippen MR) is 234 cm³/mol. The highest BCUT2D eigenvalue weighted by Crippen LogP contribution is 2.51. The molecule has 272 valence electrons. The molecular weight excluding hydrogens is 713 g/mol. The normalized spacial score (nSPS) is 20.0. The van der Waals surface area contributed by atoms with E-state index in [-0.39, 0.29) is 11.6 Å². The van der Waals surface area contributed by atoms with Crippen LogP contribution in [-0.2, 0) is 11.8 Å². The summed E-state index contributed by atoms with van der Waals surface area (Å²) >= 11 is 1.89. The number of benzene rings is 5. The molecule has 0 bridgehead atoms. The van der Waals surface area contributed by atoms with E-state index in [0.717, 1.165) is 30.1 Å². The minimum atomic E-state index is -0.0191. The molecule has 4 nitrogen and oxygen atoms in total. The maximum absolute atomic E-state index is 5.45. The molecule has 0 saturated carbocycles. The second kappa shape index (κ2) is 11.4. The van der Waals surface area contributed by atoms with Crippen LogP contribution in [0.5, 0.6) is 0 Å². The first-order valence-corrected chi connectivity index (χ1v) is 21.1. The Morgan fingerprint density at radius 3 is 2.51 bits per heavy atom. The number of rotatable bonds is 4. The van der Waals surface area contributed by atoms with Crippen molar-refractivity contribution in [3.8, 4) is 39.6 Å². The lowest BCUT2D eigenvalue weighted by atomic mass is 9.77. The van der Waals surface area contributed by atoms with Crippen molar-refractivity contribution in [3.63, 3.8) is 0 Å². The largest absolute Gasteiger partial charge is 0.354 e. The summed E-state index contributed by atoms with van der Waals surface area (Å²) in [5.74, 6) is 2.85. The van der Waals surface area contributed by atoms with Crippen LogP contribution in [0, 0.1) is 5.92 Å². The third-order valence-electron chi connectivity index (χ3n) is 13.4. The topological polar surface area (TPSA) is 26.6 Å². The Labute approximate surface area is 335 Å². The van der Waals surface area contributed by atoms with Crippen molar-refractivity contribution in [2.75, 3.05) is 0 Å².